The quantitative estimate of drug-likeness (QED) is 0.410. The lowest BCUT2D eigenvalue weighted by atomic mass is 10.1. The van der Waals surface area contributed by atoms with Gasteiger partial charge in [0.1, 0.15) is 0 Å². The Labute approximate surface area is 126 Å². The normalized spacial score (nSPS) is 12.1. The summed E-state index contributed by atoms with van der Waals surface area (Å²) in [7, 11) is -2.46. The van der Waals surface area contributed by atoms with Gasteiger partial charge in [-0.1, -0.05) is 30.3 Å². The lowest BCUT2D eigenvalue weighted by molar-refractivity contribution is -0.184. The molecule has 1 aromatic rings. The molecule has 0 bridgehead atoms. The first-order valence-electron chi connectivity index (χ1n) is 7.26. The molecule has 0 aliphatic rings. The van der Waals surface area contributed by atoms with Crippen LogP contribution in [0.3, 0.4) is 0 Å². The third-order valence-corrected chi connectivity index (χ3v) is 3.83. The lowest BCUT2D eigenvalue weighted by Gasteiger charge is -2.20. The van der Waals surface area contributed by atoms with Gasteiger partial charge in [0, 0.05) is 19.6 Å². The van der Waals surface area contributed by atoms with Crippen molar-refractivity contribution in [2.45, 2.75) is 32.6 Å². The average Bonchev–Trinajstić information content (AvgIpc) is 2.45. The van der Waals surface area contributed by atoms with E-state index >= 15 is 0 Å². The van der Waals surface area contributed by atoms with Crippen LogP contribution in [0.4, 0.5) is 0 Å². The number of rotatable bonds is 10. The van der Waals surface area contributed by atoms with Crippen molar-refractivity contribution in [3.63, 3.8) is 0 Å². The summed E-state index contributed by atoms with van der Waals surface area (Å²) < 4.78 is 10.6. The smallest absolute Gasteiger partial charge is 0.242 e. The highest BCUT2D eigenvalue weighted by molar-refractivity contribution is 7.37. The van der Waals surface area contributed by atoms with Gasteiger partial charge < -0.3 is 4.89 Å². The van der Waals surface area contributed by atoms with Gasteiger partial charge in [-0.15, -0.1) is 0 Å². The van der Waals surface area contributed by atoms with Crippen LogP contribution in [0.1, 0.15) is 31.7 Å². The van der Waals surface area contributed by atoms with Gasteiger partial charge >= 0.3 is 0 Å². The van der Waals surface area contributed by atoms with Gasteiger partial charge in [-0.3, -0.25) is 14.2 Å². The molecule has 6 heteroatoms. The number of hydrogen-bond acceptors (Lipinski definition) is 3. The van der Waals surface area contributed by atoms with Crippen LogP contribution in [0, 0.1) is 0 Å². The summed E-state index contributed by atoms with van der Waals surface area (Å²) in [5, 5.41) is 1.29. The second kappa shape index (κ2) is 10.6. The van der Waals surface area contributed by atoms with Crippen LogP contribution >= 0.6 is 8.03 Å². The third kappa shape index (κ3) is 8.66. The number of hydroxylamine groups is 2. The molecule has 1 aromatic carbocycles. The Bertz CT molecular complexity index is 439. The van der Waals surface area contributed by atoms with E-state index in [0.717, 1.165) is 19.3 Å². The fourth-order valence-corrected chi connectivity index (χ4v) is 2.40. The molecule has 5 nitrogen and oxygen atoms in total. The number of aryl methyl sites for hydroxylation is 1. The summed E-state index contributed by atoms with van der Waals surface area (Å²) in [5.41, 5.74) is 1.30. The highest BCUT2D eigenvalue weighted by Crippen LogP contribution is 2.14. The van der Waals surface area contributed by atoms with Crippen molar-refractivity contribution in [3.05, 3.63) is 35.9 Å². The molecule has 21 heavy (non-hydrogen) atoms. The molecule has 0 radical (unpaired) electrons. The van der Waals surface area contributed by atoms with Crippen molar-refractivity contribution in [3.8, 4) is 0 Å². The Morgan fingerprint density at radius 1 is 1.24 bits per heavy atom. The van der Waals surface area contributed by atoms with Crippen molar-refractivity contribution < 1.29 is 19.1 Å². The SMILES string of the molecule is CC(=O)N(CCC[PH](=O)O)OCCCCc1ccccc1. The molecule has 118 valence electrons. The first-order chi connectivity index (χ1) is 10.1. The minimum absolute atomic E-state index is 0.171. The van der Waals surface area contributed by atoms with Crippen molar-refractivity contribution in [2.75, 3.05) is 19.3 Å². The Hall–Kier alpha value is -1.16. The van der Waals surface area contributed by atoms with Crippen LogP contribution in [0.2, 0.25) is 0 Å². The fourth-order valence-electron chi connectivity index (χ4n) is 1.94. The number of hydrogen-bond donors (Lipinski definition) is 1. The van der Waals surface area contributed by atoms with Crippen LogP contribution < -0.4 is 0 Å². The first-order valence-corrected chi connectivity index (χ1v) is 8.82. The first kappa shape index (κ1) is 17.9. The number of benzene rings is 1. The van der Waals surface area contributed by atoms with Gasteiger partial charge in [0.05, 0.1) is 6.61 Å². The number of nitrogens with zero attached hydrogens (tertiary/aromatic N) is 1. The van der Waals surface area contributed by atoms with E-state index in [1.54, 1.807) is 0 Å². The minimum atomic E-state index is -2.46. The Kier molecular flexibility index (Phi) is 8.99. The molecule has 0 aliphatic heterocycles. The van der Waals surface area contributed by atoms with Crippen LogP contribution in [-0.4, -0.2) is 35.2 Å². The van der Waals surface area contributed by atoms with E-state index in [2.05, 4.69) is 12.1 Å². The Morgan fingerprint density at radius 3 is 2.57 bits per heavy atom. The van der Waals surface area contributed by atoms with Gasteiger partial charge in [-0.25, -0.2) is 5.06 Å². The summed E-state index contributed by atoms with van der Waals surface area (Å²) in [6, 6.07) is 10.2. The minimum Gasteiger partial charge on any atom is -0.346 e. The summed E-state index contributed by atoms with van der Waals surface area (Å²) in [4.78, 5) is 25.6. The molecule has 1 N–H and O–H groups in total. The fraction of sp³-hybridized carbons (Fsp3) is 0.533. The monoisotopic (exact) mass is 313 g/mol. The molecule has 1 amide bonds. The van der Waals surface area contributed by atoms with Crippen molar-refractivity contribution >= 4 is 13.9 Å². The van der Waals surface area contributed by atoms with Gasteiger partial charge in [0.25, 0.3) is 0 Å². The van der Waals surface area contributed by atoms with E-state index in [0.29, 0.717) is 19.6 Å². The van der Waals surface area contributed by atoms with E-state index < -0.39 is 8.03 Å². The molecular weight excluding hydrogens is 289 g/mol. The zero-order valence-corrected chi connectivity index (χ0v) is 13.5. The molecular formula is C15H24NO4P. The largest absolute Gasteiger partial charge is 0.346 e. The van der Waals surface area contributed by atoms with E-state index in [1.807, 2.05) is 18.2 Å². The van der Waals surface area contributed by atoms with E-state index in [9.17, 15) is 9.36 Å². The van der Waals surface area contributed by atoms with Gasteiger partial charge in [0.15, 0.2) is 8.03 Å². The molecule has 0 heterocycles. The predicted molar refractivity (Wildman–Crippen MR) is 83.4 cm³/mol. The van der Waals surface area contributed by atoms with Gasteiger partial charge in [-0.2, -0.15) is 0 Å². The van der Waals surface area contributed by atoms with Crippen LogP contribution in [0.25, 0.3) is 0 Å². The number of carbonyl (C=O) groups excluding carboxylic acids is 1. The summed E-state index contributed by atoms with van der Waals surface area (Å²) in [5.74, 6) is -0.171. The molecule has 0 aromatic heterocycles. The van der Waals surface area contributed by atoms with E-state index in [4.69, 9.17) is 9.73 Å². The predicted octanol–water partition coefficient (Wildman–Crippen LogP) is 2.65. The van der Waals surface area contributed by atoms with Crippen LogP contribution in [0.5, 0.6) is 0 Å². The summed E-state index contributed by atoms with van der Waals surface area (Å²) in [6.45, 7) is 2.29. The topological polar surface area (TPSA) is 66.8 Å². The van der Waals surface area contributed by atoms with E-state index in [-0.39, 0.29) is 12.1 Å². The molecule has 1 atom stereocenters. The Balaban J connectivity index is 2.15. The second-order valence-electron chi connectivity index (χ2n) is 4.89. The average molecular weight is 313 g/mol. The van der Waals surface area contributed by atoms with Crippen LogP contribution in [0.15, 0.2) is 30.3 Å². The standard InChI is InChI=1S/C15H24NO4P/c1-14(17)16(11-7-13-21(18)19)20-12-6-5-10-15-8-3-2-4-9-15/h2-4,8-9,21H,5-7,10-13H2,1H3,(H,18,19). The molecule has 1 rings (SSSR count). The number of unbranched alkanes of at least 4 members (excludes halogenated alkanes) is 1. The molecule has 0 spiro atoms. The highest BCUT2D eigenvalue weighted by atomic mass is 31.1. The van der Waals surface area contributed by atoms with Crippen LogP contribution in [-0.2, 0) is 20.6 Å². The maximum Gasteiger partial charge on any atom is 0.242 e. The molecule has 0 fully saturated rings. The number of amides is 1. The lowest BCUT2D eigenvalue weighted by Crippen LogP contribution is -2.30. The van der Waals surface area contributed by atoms with Crippen molar-refractivity contribution in [1.82, 2.24) is 5.06 Å². The van der Waals surface area contributed by atoms with Crippen molar-refractivity contribution in [1.29, 1.82) is 0 Å². The molecule has 0 saturated heterocycles. The second-order valence-corrected chi connectivity index (χ2v) is 6.18. The number of carbonyl (C=O) groups is 1. The van der Waals surface area contributed by atoms with Gasteiger partial charge in [-0.05, 0) is 31.2 Å². The highest BCUT2D eigenvalue weighted by Gasteiger charge is 2.09. The van der Waals surface area contributed by atoms with E-state index in [1.165, 1.54) is 17.6 Å². The zero-order chi connectivity index (χ0) is 15.5. The summed E-state index contributed by atoms with van der Waals surface area (Å²) in [6.07, 6.45) is 3.58. The maximum absolute atomic E-state index is 11.4. The zero-order valence-electron chi connectivity index (χ0n) is 12.5. The maximum atomic E-state index is 11.4. The third-order valence-electron chi connectivity index (χ3n) is 3.05. The van der Waals surface area contributed by atoms with Gasteiger partial charge in [0.2, 0.25) is 5.91 Å². The molecule has 0 saturated carbocycles. The molecule has 1 unspecified atom stereocenters. The molecule has 0 aliphatic carbocycles. The van der Waals surface area contributed by atoms with Crippen molar-refractivity contribution in [2.24, 2.45) is 0 Å². The summed E-state index contributed by atoms with van der Waals surface area (Å²) >= 11 is 0. The Morgan fingerprint density at radius 2 is 1.95 bits per heavy atom.